The van der Waals surface area contributed by atoms with Crippen molar-refractivity contribution in [2.24, 2.45) is 5.73 Å². The summed E-state index contributed by atoms with van der Waals surface area (Å²) in [5, 5.41) is 11.3. The van der Waals surface area contributed by atoms with Crippen molar-refractivity contribution in [3.05, 3.63) is 18.2 Å². The van der Waals surface area contributed by atoms with Crippen molar-refractivity contribution in [3.63, 3.8) is 0 Å². The Morgan fingerprint density at radius 2 is 2.17 bits per heavy atom. The molecule has 1 heterocycles. The number of nitrogens with zero attached hydrogens (tertiary/aromatic N) is 1. The van der Waals surface area contributed by atoms with E-state index in [1.807, 2.05) is 0 Å². The number of carboxylic acid groups (broad SMARTS) is 1. The van der Waals surface area contributed by atoms with Gasteiger partial charge in [0.2, 0.25) is 11.8 Å². The van der Waals surface area contributed by atoms with Crippen LogP contribution in [-0.4, -0.2) is 38.9 Å². The van der Waals surface area contributed by atoms with E-state index >= 15 is 0 Å². The minimum atomic E-state index is -1.16. The predicted molar refractivity (Wildman–Crippen MR) is 60.3 cm³/mol. The minimum Gasteiger partial charge on any atom is -0.480 e. The van der Waals surface area contributed by atoms with E-state index in [0.29, 0.717) is 5.69 Å². The molecule has 1 aromatic rings. The maximum atomic E-state index is 11.4. The zero-order valence-corrected chi connectivity index (χ0v) is 9.55. The van der Waals surface area contributed by atoms with E-state index in [0.717, 1.165) is 0 Å². The quantitative estimate of drug-likeness (QED) is 0.483. The molecule has 0 aliphatic heterocycles. The number of hydrogen-bond acceptors (Lipinski definition) is 4. The normalized spacial score (nSPS) is 11.8. The molecule has 1 aromatic heterocycles. The zero-order chi connectivity index (χ0) is 13.5. The first-order valence-electron chi connectivity index (χ1n) is 5.27. The molecule has 0 fully saturated rings. The summed E-state index contributed by atoms with van der Waals surface area (Å²) in [5.41, 5.74) is 5.42. The maximum absolute atomic E-state index is 11.4. The van der Waals surface area contributed by atoms with E-state index in [9.17, 15) is 14.4 Å². The highest BCUT2D eigenvalue weighted by atomic mass is 16.4. The van der Waals surface area contributed by atoms with Crippen LogP contribution in [0.4, 0.5) is 0 Å². The van der Waals surface area contributed by atoms with Crippen LogP contribution in [-0.2, 0) is 20.8 Å². The summed E-state index contributed by atoms with van der Waals surface area (Å²) in [6, 6.07) is -1.08. The summed E-state index contributed by atoms with van der Waals surface area (Å²) in [7, 11) is 0. The van der Waals surface area contributed by atoms with Crippen molar-refractivity contribution in [2.45, 2.75) is 25.3 Å². The molecular weight excluding hydrogens is 240 g/mol. The van der Waals surface area contributed by atoms with Crippen molar-refractivity contribution in [1.29, 1.82) is 0 Å². The van der Waals surface area contributed by atoms with E-state index in [-0.39, 0.29) is 19.3 Å². The maximum Gasteiger partial charge on any atom is 0.326 e. The molecule has 5 N–H and O–H groups in total. The molecule has 8 nitrogen and oxygen atoms in total. The van der Waals surface area contributed by atoms with Gasteiger partial charge in [-0.05, 0) is 0 Å². The number of aliphatic carboxylic acids is 1. The second-order valence-corrected chi connectivity index (χ2v) is 3.69. The molecule has 0 saturated heterocycles. The third kappa shape index (κ3) is 4.64. The Bertz CT molecular complexity index is 429. The van der Waals surface area contributed by atoms with E-state index in [1.54, 1.807) is 6.20 Å². The Kier molecular flexibility index (Phi) is 4.85. The number of amides is 2. The number of nitrogens with one attached hydrogen (secondary N) is 2. The third-order valence-corrected chi connectivity index (χ3v) is 2.20. The Morgan fingerprint density at radius 1 is 1.44 bits per heavy atom. The van der Waals surface area contributed by atoms with Gasteiger partial charge in [0, 0.05) is 25.5 Å². The first kappa shape index (κ1) is 13.7. The highest BCUT2D eigenvalue weighted by molar-refractivity contribution is 5.86. The number of H-pyrrole nitrogens is 1. The van der Waals surface area contributed by atoms with Crippen LogP contribution in [0.5, 0.6) is 0 Å². The molecule has 0 aliphatic rings. The lowest BCUT2D eigenvalue weighted by Gasteiger charge is -2.12. The van der Waals surface area contributed by atoms with Gasteiger partial charge in [-0.3, -0.25) is 9.59 Å². The molecular formula is C10H14N4O4. The fourth-order valence-corrected chi connectivity index (χ4v) is 1.31. The van der Waals surface area contributed by atoms with Crippen LogP contribution in [0.15, 0.2) is 12.5 Å². The summed E-state index contributed by atoms with van der Waals surface area (Å²) in [4.78, 5) is 39.4. The van der Waals surface area contributed by atoms with Crippen molar-refractivity contribution in [1.82, 2.24) is 15.3 Å². The fourth-order valence-electron chi connectivity index (χ4n) is 1.31. The number of nitrogens with two attached hydrogens (primary N) is 1. The van der Waals surface area contributed by atoms with Crippen LogP contribution in [0.3, 0.4) is 0 Å². The molecule has 98 valence electrons. The van der Waals surface area contributed by atoms with Crippen molar-refractivity contribution in [3.8, 4) is 0 Å². The SMILES string of the molecule is NC(=O)CCC(=O)NC(Cc1c[nH]cn1)C(=O)O. The van der Waals surface area contributed by atoms with E-state index in [2.05, 4.69) is 15.3 Å². The van der Waals surface area contributed by atoms with Crippen molar-refractivity contribution >= 4 is 17.8 Å². The van der Waals surface area contributed by atoms with Gasteiger partial charge in [0.15, 0.2) is 0 Å². The number of aromatic amines is 1. The van der Waals surface area contributed by atoms with Gasteiger partial charge >= 0.3 is 5.97 Å². The van der Waals surface area contributed by atoms with Crippen LogP contribution in [0.2, 0.25) is 0 Å². The molecule has 0 aliphatic carbocycles. The second kappa shape index (κ2) is 6.38. The average Bonchev–Trinajstić information content (AvgIpc) is 2.78. The molecule has 1 rings (SSSR count). The van der Waals surface area contributed by atoms with Crippen LogP contribution in [0.1, 0.15) is 18.5 Å². The number of carbonyl (C=O) groups is 3. The Labute approximate surface area is 103 Å². The van der Waals surface area contributed by atoms with Crippen LogP contribution < -0.4 is 11.1 Å². The highest BCUT2D eigenvalue weighted by Gasteiger charge is 2.21. The summed E-state index contributed by atoms with van der Waals surface area (Å²) in [6.07, 6.45) is 2.80. The minimum absolute atomic E-state index is 0.0706. The van der Waals surface area contributed by atoms with Gasteiger partial charge in [0.1, 0.15) is 6.04 Å². The topological polar surface area (TPSA) is 138 Å². The van der Waals surface area contributed by atoms with Crippen LogP contribution in [0.25, 0.3) is 0 Å². The number of imidazole rings is 1. The first-order valence-corrected chi connectivity index (χ1v) is 5.27. The smallest absolute Gasteiger partial charge is 0.326 e. The number of aromatic nitrogens is 2. The van der Waals surface area contributed by atoms with Gasteiger partial charge in [-0.2, -0.15) is 0 Å². The van der Waals surface area contributed by atoms with Gasteiger partial charge in [-0.15, -0.1) is 0 Å². The average molecular weight is 254 g/mol. The number of carbonyl (C=O) groups excluding carboxylic acids is 2. The Balaban J connectivity index is 2.50. The standard InChI is InChI=1S/C10H14N4O4/c11-8(15)1-2-9(16)14-7(10(17)18)3-6-4-12-5-13-6/h4-5,7H,1-3H2,(H2,11,15)(H,12,13)(H,14,16)(H,17,18). The van der Waals surface area contributed by atoms with Gasteiger partial charge < -0.3 is 21.1 Å². The Morgan fingerprint density at radius 3 is 2.67 bits per heavy atom. The highest BCUT2D eigenvalue weighted by Crippen LogP contribution is 2.00. The number of carboxylic acids is 1. The van der Waals surface area contributed by atoms with Gasteiger partial charge in [-0.1, -0.05) is 0 Å². The molecule has 1 atom stereocenters. The lowest BCUT2D eigenvalue weighted by Crippen LogP contribution is -2.42. The van der Waals surface area contributed by atoms with Crippen LogP contribution >= 0.6 is 0 Å². The molecule has 0 aromatic carbocycles. The lowest BCUT2D eigenvalue weighted by atomic mass is 10.1. The lowest BCUT2D eigenvalue weighted by molar-refractivity contribution is -0.141. The molecule has 0 radical (unpaired) electrons. The molecule has 2 amide bonds. The molecule has 1 unspecified atom stereocenters. The number of primary amides is 1. The monoisotopic (exact) mass is 254 g/mol. The van der Waals surface area contributed by atoms with Crippen molar-refractivity contribution in [2.75, 3.05) is 0 Å². The summed E-state index contributed by atoms with van der Waals surface area (Å²) in [6.45, 7) is 0. The van der Waals surface area contributed by atoms with Gasteiger partial charge in [0.25, 0.3) is 0 Å². The predicted octanol–water partition coefficient (Wildman–Crippen LogP) is -1.21. The molecule has 0 spiro atoms. The second-order valence-electron chi connectivity index (χ2n) is 3.69. The number of rotatable bonds is 7. The van der Waals surface area contributed by atoms with Gasteiger partial charge in [-0.25, -0.2) is 9.78 Å². The summed E-state index contributed by atoms with van der Waals surface area (Å²) >= 11 is 0. The third-order valence-electron chi connectivity index (χ3n) is 2.20. The first-order chi connectivity index (χ1) is 8.49. The molecule has 0 bridgehead atoms. The van der Waals surface area contributed by atoms with Gasteiger partial charge in [0.05, 0.1) is 12.0 Å². The molecule has 18 heavy (non-hydrogen) atoms. The largest absolute Gasteiger partial charge is 0.480 e. The van der Waals surface area contributed by atoms with E-state index in [4.69, 9.17) is 10.8 Å². The molecule has 8 heteroatoms. The van der Waals surface area contributed by atoms with E-state index in [1.165, 1.54) is 6.33 Å². The Hall–Kier alpha value is -2.38. The summed E-state index contributed by atoms with van der Waals surface area (Å²) in [5.74, 6) is -2.30. The summed E-state index contributed by atoms with van der Waals surface area (Å²) < 4.78 is 0. The van der Waals surface area contributed by atoms with Crippen LogP contribution in [0, 0.1) is 0 Å². The zero-order valence-electron chi connectivity index (χ0n) is 9.55. The van der Waals surface area contributed by atoms with Crippen molar-refractivity contribution < 1.29 is 19.5 Å². The van der Waals surface area contributed by atoms with E-state index < -0.39 is 23.8 Å². The molecule has 0 saturated carbocycles. The fraction of sp³-hybridized carbons (Fsp3) is 0.400. The number of hydrogen-bond donors (Lipinski definition) is 4.